The van der Waals surface area contributed by atoms with Crippen molar-refractivity contribution in [2.45, 2.75) is 32.8 Å². The van der Waals surface area contributed by atoms with Crippen molar-refractivity contribution in [1.29, 1.82) is 0 Å². The number of carbonyl (C=O) groups excluding carboxylic acids is 1. The number of hydrogen-bond donors (Lipinski definition) is 3. The highest BCUT2D eigenvalue weighted by Crippen LogP contribution is 2.43. The molecule has 3 aromatic heterocycles. The Labute approximate surface area is 204 Å². The summed E-state index contributed by atoms with van der Waals surface area (Å²) in [5.74, 6) is -1.13. The summed E-state index contributed by atoms with van der Waals surface area (Å²) < 4.78 is 7.30. The second kappa shape index (κ2) is 8.88. The van der Waals surface area contributed by atoms with Crippen LogP contribution in [0.1, 0.15) is 37.8 Å². The Hall–Kier alpha value is -4.18. The number of allylic oxidation sites excluding steroid dienone is 1. The van der Waals surface area contributed by atoms with Crippen LogP contribution in [-0.2, 0) is 9.53 Å². The van der Waals surface area contributed by atoms with E-state index in [1.165, 1.54) is 11.3 Å². The summed E-state index contributed by atoms with van der Waals surface area (Å²) in [6.07, 6.45) is 1.47. The Balaban J connectivity index is 1.81. The number of fused-ring (bicyclic) bond motifs is 1. The Bertz CT molecular complexity index is 1540. The Morgan fingerprint density at radius 2 is 1.89 bits per heavy atom. The summed E-state index contributed by atoms with van der Waals surface area (Å²) >= 11 is 1.50. The minimum atomic E-state index is -0.826. The van der Waals surface area contributed by atoms with E-state index < -0.39 is 23.1 Å². The summed E-state index contributed by atoms with van der Waals surface area (Å²) in [6.45, 7) is 5.25. The molecule has 0 fully saturated rings. The van der Waals surface area contributed by atoms with Crippen LogP contribution >= 0.6 is 11.3 Å². The van der Waals surface area contributed by atoms with Gasteiger partial charge in [0.15, 0.2) is 0 Å². The van der Waals surface area contributed by atoms with Crippen LogP contribution in [0.2, 0.25) is 0 Å². The first-order valence-electron chi connectivity index (χ1n) is 11.1. The van der Waals surface area contributed by atoms with Gasteiger partial charge in [0.05, 0.1) is 33.7 Å². The van der Waals surface area contributed by atoms with Gasteiger partial charge in [-0.15, -0.1) is 11.3 Å². The third-order valence-corrected chi connectivity index (χ3v) is 6.54. The maximum absolute atomic E-state index is 13.3. The first kappa shape index (κ1) is 22.6. The topological polar surface area (TPSA) is 122 Å². The molecule has 3 N–H and O–H groups in total. The van der Waals surface area contributed by atoms with Gasteiger partial charge in [0, 0.05) is 17.5 Å². The smallest absolute Gasteiger partial charge is 0.337 e. The Morgan fingerprint density at radius 3 is 2.57 bits per heavy atom. The highest BCUT2D eigenvalue weighted by Gasteiger charge is 2.39. The molecule has 0 aliphatic carbocycles. The normalized spacial score (nSPS) is 15.1. The summed E-state index contributed by atoms with van der Waals surface area (Å²) in [4.78, 5) is 44.3. The van der Waals surface area contributed by atoms with Gasteiger partial charge < -0.3 is 10.1 Å². The van der Waals surface area contributed by atoms with Crippen molar-refractivity contribution in [3.05, 3.63) is 97.3 Å². The highest BCUT2D eigenvalue weighted by atomic mass is 32.1. The molecule has 0 spiro atoms. The van der Waals surface area contributed by atoms with Crippen molar-refractivity contribution in [2.24, 2.45) is 0 Å². The molecule has 0 saturated carbocycles. The molecule has 4 aromatic rings. The van der Waals surface area contributed by atoms with Gasteiger partial charge in [-0.05, 0) is 44.4 Å². The van der Waals surface area contributed by atoms with Crippen molar-refractivity contribution in [3.63, 3.8) is 0 Å². The molecule has 10 heteroatoms. The quantitative estimate of drug-likeness (QED) is 0.367. The predicted octanol–water partition coefficient (Wildman–Crippen LogP) is 3.76. The Kier molecular flexibility index (Phi) is 5.73. The second-order valence-corrected chi connectivity index (χ2v) is 9.39. The van der Waals surface area contributed by atoms with Crippen molar-refractivity contribution in [3.8, 4) is 16.3 Å². The number of nitrogens with zero attached hydrogens (tertiary/aromatic N) is 2. The molecule has 178 valence electrons. The molecule has 0 saturated heterocycles. The maximum atomic E-state index is 13.3. The average Bonchev–Trinajstić information content (AvgIpc) is 3.48. The fourth-order valence-electron chi connectivity index (χ4n) is 4.26. The van der Waals surface area contributed by atoms with Crippen LogP contribution in [0.3, 0.4) is 0 Å². The lowest BCUT2D eigenvalue weighted by molar-refractivity contribution is -0.143. The molecular formula is C25H23N5O4S. The van der Waals surface area contributed by atoms with Crippen molar-refractivity contribution in [2.75, 3.05) is 5.32 Å². The van der Waals surface area contributed by atoms with E-state index in [4.69, 9.17) is 9.84 Å². The van der Waals surface area contributed by atoms with Crippen LogP contribution in [0.4, 0.5) is 5.82 Å². The second-order valence-electron chi connectivity index (χ2n) is 8.44. The number of aromatic nitrogens is 4. The van der Waals surface area contributed by atoms with E-state index in [0.29, 0.717) is 17.0 Å². The molecule has 35 heavy (non-hydrogen) atoms. The molecule has 1 atom stereocenters. The van der Waals surface area contributed by atoms with Crippen LogP contribution < -0.4 is 16.6 Å². The molecule has 1 aliphatic heterocycles. The standard InChI is InChI=1S/C25H23N5O4S/c1-13(2)34-24(32)18-14(3)26-22-20(23(31)28-25(33)27-22)19(18)16-12-30(15-8-5-4-6-9-15)29-21(16)17-10-7-11-35-17/h4-13,19H,1-3H3,(H3,26,27,28,31,33)/t19-/m0/s1. The SMILES string of the molecule is CC1=C(C(=O)OC(C)C)[C@H](c2cn(-c3ccccc3)nc2-c2cccs2)c2c([nH]c(=O)[nH]c2=O)N1. The number of benzene rings is 1. The molecule has 9 nitrogen and oxygen atoms in total. The van der Waals surface area contributed by atoms with E-state index in [1.54, 1.807) is 25.5 Å². The van der Waals surface area contributed by atoms with Crippen LogP contribution in [0.5, 0.6) is 0 Å². The van der Waals surface area contributed by atoms with E-state index >= 15 is 0 Å². The lowest BCUT2D eigenvalue weighted by atomic mass is 9.82. The number of nitrogens with one attached hydrogen (secondary N) is 3. The molecular weight excluding hydrogens is 466 g/mol. The van der Waals surface area contributed by atoms with Gasteiger partial charge >= 0.3 is 11.7 Å². The van der Waals surface area contributed by atoms with Crippen LogP contribution in [-0.4, -0.2) is 31.8 Å². The molecule has 0 unspecified atom stereocenters. The van der Waals surface area contributed by atoms with Crippen LogP contribution in [0, 0.1) is 0 Å². The molecule has 1 aliphatic rings. The van der Waals surface area contributed by atoms with E-state index in [0.717, 1.165) is 10.6 Å². The fraction of sp³-hybridized carbons (Fsp3) is 0.200. The largest absolute Gasteiger partial charge is 0.460 e. The number of para-hydroxylation sites is 1. The van der Waals surface area contributed by atoms with Gasteiger partial charge in [-0.25, -0.2) is 14.3 Å². The first-order chi connectivity index (χ1) is 16.8. The molecule has 0 bridgehead atoms. The zero-order valence-electron chi connectivity index (χ0n) is 19.3. The monoisotopic (exact) mass is 489 g/mol. The molecule has 0 radical (unpaired) electrons. The van der Waals surface area contributed by atoms with E-state index in [9.17, 15) is 14.4 Å². The van der Waals surface area contributed by atoms with Gasteiger partial charge in [-0.3, -0.25) is 14.8 Å². The minimum Gasteiger partial charge on any atom is -0.460 e. The summed E-state index contributed by atoms with van der Waals surface area (Å²) in [6, 6.07) is 13.4. The lowest BCUT2D eigenvalue weighted by Crippen LogP contribution is -2.35. The van der Waals surface area contributed by atoms with E-state index in [1.807, 2.05) is 54.0 Å². The van der Waals surface area contributed by atoms with Gasteiger partial charge in [0.25, 0.3) is 5.56 Å². The summed E-state index contributed by atoms with van der Waals surface area (Å²) in [7, 11) is 0. The number of H-pyrrole nitrogens is 2. The number of aromatic amines is 2. The molecule has 0 amide bonds. The minimum absolute atomic E-state index is 0.219. The highest BCUT2D eigenvalue weighted by molar-refractivity contribution is 7.13. The van der Waals surface area contributed by atoms with Gasteiger partial charge in [-0.2, -0.15) is 5.10 Å². The number of ether oxygens (including phenoxy) is 1. The van der Waals surface area contributed by atoms with Crippen LogP contribution in [0.15, 0.2) is 74.9 Å². The van der Waals surface area contributed by atoms with Crippen molar-refractivity contribution in [1.82, 2.24) is 19.7 Å². The summed E-state index contributed by atoms with van der Waals surface area (Å²) in [5, 5.41) is 9.80. The van der Waals surface area contributed by atoms with Crippen LogP contribution in [0.25, 0.3) is 16.3 Å². The lowest BCUT2D eigenvalue weighted by Gasteiger charge is -2.28. The summed E-state index contributed by atoms with van der Waals surface area (Å²) in [5.41, 5.74) is 1.87. The van der Waals surface area contributed by atoms with Gasteiger partial charge in [0.2, 0.25) is 0 Å². The zero-order chi connectivity index (χ0) is 24.7. The number of esters is 1. The molecule has 5 rings (SSSR count). The van der Waals surface area contributed by atoms with E-state index in [-0.39, 0.29) is 23.1 Å². The third-order valence-electron chi connectivity index (χ3n) is 5.66. The maximum Gasteiger partial charge on any atom is 0.337 e. The number of carbonyl (C=O) groups is 1. The van der Waals surface area contributed by atoms with Crippen molar-refractivity contribution >= 4 is 23.1 Å². The van der Waals surface area contributed by atoms with E-state index in [2.05, 4.69) is 15.3 Å². The van der Waals surface area contributed by atoms with Gasteiger partial charge in [0.1, 0.15) is 11.5 Å². The number of rotatable bonds is 5. The predicted molar refractivity (Wildman–Crippen MR) is 134 cm³/mol. The first-order valence-corrected chi connectivity index (χ1v) is 12.0. The fourth-order valence-corrected chi connectivity index (χ4v) is 4.99. The van der Waals surface area contributed by atoms with Gasteiger partial charge in [-0.1, -0.05) is 24.3 Å². The molecule has 4 heterocycles. The number of thiophene rings is 1. The average molecular weight is 490 g/mol. The third kappa shape index (κ3) is 4.12. The Morgan fingerprint density at radius 1 is 1.11 bits per heavy atom. The van der Waals surface area contributed by atoms with Crippen molar-refractivity contribution < 1.29 is 9.53 Å². The zero-order valence-corrected chi connectivity index (χ0v) is 20.1. The number of hydrogen-bond acceptors (Lipinski definition) is 7. The molecule has 1 aromatic carbocycles. The number of anilines is 1.